The first kappa shape index (κ1) is 24.1. The highest BCUT2D eigenvalue weighted by molar-refractivity contribution is 14.0. The minimum Gasteiger partial charge on any atom is -0.469 e. The lowest BCUT2D eigenvalue weighted by molar-refractivity contribution is 0.0394. The second-order valence-electron chi connectivity index (χ2n) is 6.69. The van der Waals surface area contributed by atoms with E-state index in [2.05, 4.69) is 27.4 Å². The van der Waals surface area contributed by atoms with Gasteiger partial charge in [0.2, 0.25) is 0 Å². The number of halogens is 1. The number of guanidine groups is 1. The lowest BCUT2D eigenvalue weighted by atomic mass is 10.3. The van der Waals surface area contributed by atoms with Gasteiger partial charge in [0.05, 0.1) is 31.0 Å². The molecule has 162 valence electrons. The van der Waals surface area contributed by atoms with Crippen LogP contribution in [0.1, 0.15) is 22.6 Å². The average molecular weight is 533 g/mol. The molecule has 2 aromatic rings. The number of nitrogens with one attached hydrogen (secondary N) is 2. The molecule has 0 radical (unpaired) electrons. The second-order valence-corrected chi connectivity index (χ2v) is 7.89. The van der Waals surface area contributed by atoms with Crippen molar-refractivity contribution in [1.29, 1.82) is 0 Å². The van der Waals surface area contributed by atoms with Crippen LogP contribution in [-0.4, -0.2) is 68.3 Å². The molecular formula is C20H32IN5O2S. The van der Waals surface area contributed by atoms with Crippen LogP contribution in [0.5, 0.6) is 0 Å². The summed E-state index contributed by atoms with van der Waals surface area (Å²) >= 11 is 1.80. The van der Waals surface area contributed by atoms with E-state index in [1.807, 2.05) is 18.3 Å². The maximum absolute atomic E-state index is 5.40. The number of furan rings is 1. The second kappa shape index (κ2) is 13.9. The Labute approximate surface area is 194 Å². The van der Waals surface area contributed by atoms with Crippen molar-refractivity contribution in [2.24, 2.45) is 4.99 Å². The fourth-order valence-corrected chi connectivity index (χ4v) is 3.84. The molecule has 2 N–H and O–H groups in total. The van der Waals surface area contributed by atoms with Crippen molar-refractivity contribution in [1.82, 2.24) is 20.5 Å². The van der Waals surface area contributed by atoms with Crippen molar-refractivity contribution in [3.05, 3.63) is 40.2 Å². The standard InChI is InChI=1S/C20H31N5O2S.HI/c1-2-18-16-24-19(28-18)6-8-22-20(21-7-5-17-4-3-13-27-17)23-9-10-25-11-14-26-15-12-25;/h3-4,13,16H,2,5-12,14-15H2,1H3,(H2,21,22,23);1H. The number of ether oxygens (including phenoxy) is 1. The number of thiazole rings is 1. The van der Waals surface area contributed by atoms with Gasteiger partial charge in [0.25, 0.3) is 0 Å². The predicted molar refractivity (Wildman–Crippen MR) is 129 cm³/mol. The zero-order chi connectivity index (χ0) is 19.4. The van der Waals surface area contributed by atoms with Crippen molar-refractivity contribution >= 4 is 41.3 Å². The number of hydrogen-bond acceptors (Lipinski definition) is 6. The predicted octanol–water partition coefficient (Wildman–Crippen LogP) is 2.57. The normalized spacial score (nSPS) is 15.1. The Morgan fingerprint density at radius 3 is 2.72 bits per heavy atom. The molecule has 0 aliphatic carbocycles. The molecule has 1 fully saturated rings. The van der Waals surface area contributed by atoms with Crippen LogP contribution in [0.2, 0.25) is 0 Å². The topological polar surface area (TPSA) is 74.9 Å². The molecule has 0 unspecified atom stereocenters. The van der Waals surface area contributed by atoms with Gasteiger partial charge in [-0.05, 0) is 18.6 Å². The molecule has 9 heteroatoms. The van der Waals surface area contributed by atoms with E-state index in [0.29, 0.717) is 0 Å². The zero-order valence-corrected chi connectivity index (χ0v) is 20.2. The van der Waals surface area contributed by atoms with Crippen LogP contribution >= 0.6 is 35.3 Å². The summed E-state index contributed by atoms with van der Waals surface area (Å²) in [5.41, 5.74) is 0. The van der Waals surface area contributed by atoms with Gasteiger partial charge in [-0.1, -0.05) is 6.92 Å². The van der Waals surface area contributed by atoms with E-state index in [9.17, 15) is 0 Å². The summed E-state index contributed by atoms with van der Waals surface area (Å²) in [6.07, 6.45) is 6.49. The van der Waals surface area contributed by atoms with Crippen molar-refractivity contribution in [2.45, 2.75) is 26.2 Å². The van der Waals surface area contributed by atoms with E-state index in [0.717, 1.165) is 83.5 Å². The molecule has 3 heterocycles. The van der Waals surface area contributed by atoms with Crippen molar-refractivity contribution < 1.29 is 9.15 Å². The molecule has 3 rings (SSSR count). The van der Waals surface area contributed by atoms with E-state index >= 15 is 0 Å². The van der Waals surface area contributed by atoms with E-state index < -0.39 is 0 Å². The SMILES string of the molecule is CCc1cnc(CCNC(=NCCN2CCOCC2)NCCc2ccco2)s1.I. The van der Waals surface area contributed by atoms with E-state index in [4.69, 9.17) is 14.1 Å². The molecule has 7 nitrogen and oxygen atoms in total. The molecule has 0 spiro atoms. The maximum Gasteiger partial charge on any atom is 0.191 e. The van der Waals surface area contributed by atoms with Crippen LogP contribution in [0.15, 0.2) is 34.0 Å². The van der Waals surface area contributed by atoms with Crippen LogP contribution < -0.4 is 10.6 Å². The van der Waals surface area contributed by atoms with Gasteiger partial charge in [-0.25, -0.2) is 4.98 Å². The third-order valence-corrected chi connectivity index (χ3v) is 5.82. The fourth-order valence-electron chi connectivity index (χ4n) is 2.98. The summed E-state index contributed by atoms with van der Waals surface area (Å²) in [6, 6.07) is 3.92. The molecular weight excluding hydrogens is 501 g/mol. The average Bonchev–Trinajstić information content (AvgIpc) is 3.40. The highest BCUT2D eigenvalue weighted by Crippen LogP contribution is 2.13. The number of aliphatic imine (C=N–C) groups is 1. The molecule has 0 saturated carbocycles. The van der Waals surface area contributed by atoms with Gasteiger partial charge < -0.3 is 19.8 Å². The van der Waals surface area contributed by atoms with Crippen LogP contribution in [0.4, 0.5) is 0 Å². The summed E-state index contributed by atoms with van der Waals surface area (Å²) in [6.45, 7) is 9.14. The van der Waals surface area contributed by atoms with E-state index in [1.165, 1.54) is 9.88 Å². The summed E-state index contributed by atoms with van der Waals surface area (Å²) < 4.78 is 10.8. The van der Waals surface area contributed by atoms with Crippen LogP contribution in [0.3, 0.4) is 0 Å². The number of morpholine rings is 1. The highest BCUT2D eigenvalue weighted by atomic mass is 127. The van der Waals surface area contributed by atoms with Crippen LogP contribution in [0.25, 0.3) is 0 Å². The Kier molecular flexibility index (Phi) is 11.6. The lowest BCUT2D eigenvalue weighted by Gasteiger charge is -2.25. The summed E-state index contributed by atoms with van der Waals surface area (Å²) in [5.74, 6) is 1.84. The largest absolute Gasteiger partial charge is 0.469 e. The monoisotopic (exact) mass is 533 g/mol. The number of aromatic nitrogens is 1. The number of rotatable bonds is 10. The quantitative estimate of drug-likeness (QED) is 0.278. The van der Waals surface area contributed by atoms with Gasteiger partial charge in [0.15, 0.2) is 5.96 Å². The Bertz CT molecular complexity index is 702. The Morgan fingerprint density at radius 1 is 1.24 bits per heavy atom. The van der Waals surface area contributed by atoms with Gasteiger partial charge in [0.1, 0.15) is 5.76 Å². The molecule has 0 aromatic carbocycles. The van der Waals surface area contributed by atoms with Gasteiger partial charge in [-0.2, -0.15) is 0 Å². The molecule has 0 amide bonds. The van der Waals surface area contributed by atoms with Gasteiger partial charge in [-0.15, -0.1) is 35.3 Å². The Balaban J connectivity index is 0.00000300. The molecule has 2 aromatic heterocycles. The van der Waals surface area contributed by atoms with Gasteiger partial charge >= 0.3 is 0 Å². The van der Waals surface area contributed by atoms with Crippen molar-refractivity contribution in [2.75, 3.05) is 52.5 Å². The Morgan fingerprint density at radius 2 is 2.03 bits per heavy atom. The first-order valence-electron chi connectivity index (χ1n) is 10.1. The zero-order valence-electron chi connectivity index (χ0n) is 17.1. The third-order valence-electron chi connectivity index (χ3n) is 4.62. The van der Waals surface area contributed by atoms with Crippen LogP contribution in [-0.2, 0) is 24.0 Å². The molecule has 29 heavy (non-hydrogen) atoms. The van der Waals surface area contributed by atoms with Gasteiger partial charge in [-0.3, -0.25) is 9.89 Å². The summed E-state index contributed by atoms with van der Waals surface area (Å²) in [7, 11) is 0. The highest BCUT2D eigenvalue weighted by Gasteiger charge is 2.09. The molecule has 1 aliphatic heterocycles. The lowest BCUT2D eigenvalue weighted by Crippen LogP contribution is -2.41. The molecule has 0 bridgehead atoms. The fraction of sp³-hybridized carbons (Fsp3) is 0.600. The maximum atomic E-state index is 5.40. The molecule has 1 aliphatic rings. The van der Waals surface area contributed by atoms with Crippen molar-refractivity contribution in [3.8, 4) is 0 Å². The minimum atomic E-state index is 0. The van der Waals surface area contributed by atoms with E-state index in [-0.39, 0.29) is 24.0 Å². The third kappa shape index (κ3) is 9.02. The van der Waals surface area contributed by atoms with Crippen LogP contribution in [0, 0.1) is 0 Å². The number of aryl methyl sites for hydroxylation is 1. The smallest absolute Gasteiger partial charge is 0.191 e. The summed E-state index contributed by atoms with van der Waals surface area (Å²) in [4.78, 5) is 13.0. The first-order valence-corrected chi connectivity index (χ1v) is 10.9. The summed E-state index contributed by atoms with van der Waals surface area (Å²) in [5, 5.41) is 8.04. The molecule has 1 saturated heterocycles. The Hall–Kier alpha value is -1.17. The molecule has 0 atom stereocenters. The first-order chi connectivity index (χ1) is 13.8. The van der Waals surface area contributed by atoms with Crippen molar-refractivity contribution in [3.63, 3.8) is 0 Å². The number of hydrogen-bond donors (Lipinski definition) is 2. The minimum absolute atomic E-state index is 0. The number of nitrogens with zero attached hydrogens (tertiary/aromatic N) is 3. The van der Waals surface area contributed by atoms with E-state index in [1.54, 1.807) is 17.6 Å². The van der Waals surface area contributed by atoms with Gasteiger partial charge in [0, 0.05) is 56.6 Å².